The van der Waals surface area contributed by atoms with Crippen LogP contribution in [0.15, 0.2) is 51.7 Å². The second-order valence-corrected chi connectivity index (χ2v) is 7.68. The molecule has 11 nitrogen and oxygen atoms in total. The summed E-state index contributed by atoms with van der Waals surface area (Å²) in [6.45, 7) is -0.600. The van der Waals surface area contributed by atoms with Gasteiger partial charge in [0.05, 0.1) is 19.1 Å². The van der Waals surface area contributed by atoms with E-state index in [1.165, 1.54) is 18.2 Å². The van der Waals surface area contributed by atoms with E-state index < -0.39 is 48.7 Å². The predicted octanol–water partition coefficient (Wildman–Crippen LogP) is 0.265. The molecule has 3 aromatic rings. The number of aromatic hydroxyl groups is 1. The lowest BCUT2D eigenvalue weighted by Crippen LogP contribution is -2.60. The number of hydrogen-bond donors (Lipinski definition) is 5. The van der Waals surface area contributed by atoms with Crippen molar-refractivity contribution < 1.29 is 48.9 Å². The van der Waals surface area contributed by atoms with Crippen LogP contribution in [0.5, 0.6) is 23.0 Å². The van der Waals surface area contributed by atoms with Crippen molar-refractivity contribution in [2.45, 2.75) is 37.3 Å². The molecule has 0 saturated carbocycles. The normalized spacial score (nSPS) is 24.7. The van der Waals surface area contributed by atoms with Crippen LogP contribution in [0.4, 0.5) is 0 Å². The third-order valence-corrected chi connectivity index (χ3v) is 5.45. The number of fused-ring (bicyclic) bond motifs is 1. The number of aliphatic hydroxyl groups is 4. The van der Waals surface area contributed by atoms with Crippen molar-refractivity contribution >= 4 is 11.0 Å². The smallest absolute Gasteiger partial charge is 0.383 e. The number of benzene rings is 2. The lowest BCUT2D eigenvalue weighted by Gasteiger charge is -2.39. The molecule has 11 heteroatoms. The molecule has 0 spiro atoms. The maximum absolute atomic E-state index is 12.4. The Labute approximate surface area is 192 Å². The summed E-state index contributed by atoms with van der Waals surface area (Å²) >= 11 is 0. The highest BCUT2D eigenvalue weighted by atomic mass is 16.7. The van der Waals surface area contributed by atoms with Crippen LogP contribution in [-0.2, 0) is 11.3 Å². The molecule has 1 fully saturated rings. The van der Waals surface area contributed by atoms with Crippen molar-refractivity contribution in [3.63, 3.8) is 0 Å². The van der Waals surface area contributed by atoms with Crippen molar-refractivity contribution in [3.05, 3.63) is 58.4 Å². The first kappa shape index (κ1) is 23.8. The number of aliphatic hydroxyl groups excluding tert-OH is 4. The molecule has 182 valence electrons. The quantitative estimate of drug-likeness (QED) is 0.297. The van der Waals surface area contributed by atoms with Gasteiger partial charge in [0.25, 0.3) is 0 Å². The second-order valence-electron chi connectivity index (χ2n) is 7.68. The molecule has 1 aliphatic rings. The highest BCUT2D eigenvalue weighted by molar-refractivity contribution is 5.86. The Morgan fingerprint density at radius 1 is 0.971 bits per heavy atom. The lowest BCUT2D eigenvalue weighted by molar-refractivity contribution is -0.277. The Kier molecular flexibility index (Phi) is 6.91. The molecule has 34 heavy (non-hydrogen) atoms. The maximum Gasteiger partial charge on any atom is 0.383 e. The number of rotatable bonds is 7. The van der Waals surface area contributed by atoms with Gasteiger partial charge < -0.3 is 48.9 Å². The van der Waals surface area contributed by atoms with Crippen LogP contribution in [0.25, 0.3) is 11.0 Å². The molecule has 5 atom stereocenters. The van der Waals surface area contributed by atoms with Crippen LogP contribution in [0, 0.1) is 0 Å². The molecule has 2 aromatic carbocycles. The van der Waals surface area contributed by atoms with E-state index in [4.69, 9.17) is 23.4 Å². The summed E-state index contributed by atoms with van der Waals surface area (Å²) < 4.78 is 26.7. The minimum Gasteiger partial charge on any atom is -0.504 e. The van der Waals surface area contributed by atoms with Gasteiger partial charge in [-0.25, -0.2) is 4.79 Å². The van der Waals surface area contributed by atoms with E-state index in [1.54, 1.807) is 31.4 Å². The minimum atomic E-state index is -1.61. The molecule has 0 unspecified atom stereocenters. The summed E-state index contributed by atoms with van der Waals surface area (Å²) in [5.41, 5.74) is -0.201. The average Bonchev–Trinajstić information content (AvgIpc) is 2.84. The first-order chi connectivity index (χ1) is 16.3. The van der Waals surface area contributed by atoms with Gasteiger partial charge in [0.15, 0.2) is 5.75 Å². The van der Waals surface area contributed by atoms with Gasteiger partial charge in [-0.2, -0.15) is 0 Å². The molecule has 0 bridgehead atoms. The number of methoxy groups -OCH3 is 1. The van der Waals surface area contributed by atoms with Crippen LogP contribution in [0.2, 0.25) is 0 Å². The zero-order chi connectivity index (χ0) is 24.4. The molecular formula is C23H24O11. The topological polar surface area (TPSA) is 168 Å². The summed E-state index contributed by atoms with van der Waals surface area (Å²) in [6, 6.07) is 11.1. The van der Waals surface area contributed by atoms with Gasteiger partial charge in [-0.1, -0.05) is 12.1 Å². The summed E-state index contributed by atoms with van der Waals surface area (Å²) in [7, 11) is 1.55. The van der Waals surface area contributed by atoms with Gasteiger partial charge in [0.2, 0.25) is 12.0 Å². The molecule has 0 radical (unpaired) electrons. The van der Waals surface area contributed by atoms with Crippen molar-refractivity contribution in [3.8, 4) is 23.0 Å². The Hall–Kier alpha value is -3.35. The molecule has 0 amide bonds. The Balaban J connectivity index is 1.53. The summed E-state index contributed by atoms with van der Waals surface area (Å²) in [5, 5.41) is 49.9. The monoisotopic (exact) mass is 476 g/mol. The molecule has 5 N–H and O–H groups in total. The van der Waals surface area contributed by atoms with Crippen LogP contribution in [0.3, 0.4) is 0 Å². The first-order valence-corrected chi connectivity index (χ1v) is 10.3. The highest BCUT2D eigenvalue weighted by Crippen LogP contribution is 2.34. The van der Waals surface area contributed by atoms with Crippen LogP contribution in [0.1, 0.15) is 5.56 Å². The second kappa shape index (κ2) is 9.87. The molecule has 0 aliphatic carbocycles. The Morgan fingerprint density at radius 3 is 2.35 bits per heavy atom. The summed E-state index contributed by atoms with van der Waals surface area (Å²) in [6.07, 6.45) is -7.30. The van der Waals surface area contributed by atoms with Crippen molar-refractivity contribution in [1.29, 1.82) is 0 Å². The third-order valence-electron chi connectivity index (χ3n) is 5.45. The van der Waals surface area contributed by atoms with Gasteiger partial charge in [-0.15, -0.1) is 0 Å². The minimum absolute atomic E-state index is 0.00608. The highest BCUT2D eigenvalue weighted by Gasteiger charge is 2.44. The molecular weight excluding hydrogens is 452 g/mol. The SMILES string of the molecule is COc1ccc(COc2c(O)c3ccc(O[C@@H]4O[C@H](CO)[C@@H](O)[C@H](O)[C@@H]4O)cc3oc2=O)cc1. The average molecular weight is 476 g/mol. The zero-order valence-corrected chi connectivity index (χ0v) is 18.0. The van der Waals surface area contributed by atoms with Crippen molar-refractivity contribution in [1.82, 2.24) is 0 Å². The Bertz CT molecular complexity index is 1190. The van der Waals surface area contributed by atoms with Gasteiger partial charge in [-0.3, -0.25) is 0 Å². The number of hydrogen-bond acceptors (Lipinski definition) is 11. The van der Waals surface area contributed by atoms with E-state index in [0.29, 0.717) is 5.75 Å². The molecule has 1 saturated heterocycles. The number of ether oxygens (including phenoxy) is 4. The maximum atomic E-state index is 12.4. The Morgan fingerprint density at radius 2 is 1.68 bits per heavy atom. The van der Waals surface area contributed by atoms with E-state index in [0.717, 1.165) is 5.56 Å². The van der Waals surface area contributed by atoms with E-state index in [1.807, 2.05) is 0 Å². The largest absolute Gasteiger partial charge is 0.504 e. The van der Waals surface area contributed by atoms with E-state index in [2.05, 4.69) is 0 Å². The van der Waals surface area contributed by atoms with E-state index in [-0.39, 0.29) is 29.1 Å². The van der Waals surface area contributed by atoms with Gasteiger partial charge in [-0.05, 0) is 29.8 Å². The van der Waals surface area contributed by atoms with Crippen LogP contribution >= 0.6 is 0 Å². The van der Waals surface area contributed by atoms with Gasteiger partial charge in [0, 0.05) is 6.07 Å². The third kappa shape index (κ3) is 4.65. The first-order valence-electron chi connectivity index (χ1n) is 10.3. The van der Waals surface area contributed by atoms with Crippen LogP contribution < -0.4 is 19.8 Å². The van der Waals surface area contributed by atoms with Crippen molar-refractivity contribution in [2.24, 2.45) is 0 Å². The van der Waals surface area contributed by atoms with Crippen LogP contribution in [-0.4, -0.2) is 70.0 Å². The summed E-state index contributed by atoms with van der Waals surface area (Å²) in [4.78, 5) is 12.4. The molecule has 1 aromatic heterocycles. The van der Waals surface area contributed by atoms with Gasteiger partial charge >= 0.3 is 5.63 Å². The van der Waals surface area contributed by atoms with E-state index in [9.17, 15) is 30.3 Å². The predicted molar refractivity (Wildman–Crippen MR) is 116 cm³/mol. The lowest BCUT2D eigenvalue weighted by atomic mass is 9.99. The summed E-state index contributed by atoms with van der Waals surface area (Å²) in [5.74, 6) is -0.0325. The fraction of sp³-hybridized carbons (Fsp3) is 0.348. The molecule has 4 rings (SSSR count). The molecule has 1 aliphatic heterocycles. The van der Waals surface area contributed by atoms with Crippen molar-refractivity contribution in [2.75, 3.05) is 13.7 Å². The fourth-order valence-corrected chi connectivity index (χ4v) is 3.52. The fourth-order valence-electron chi connectivity index (χ4n) is 3.52. The molecule has 2 heterocycles. The van der Waals surface area contributed by atoms with E-state index >= 15 is 0 Å². The van der Waals surface area contributed by atoms with Gasteiger partial charge in [0.1, 0.15) is 48.1 Å². The standard InChI is InChI=1S/C23H24O11/c1-30-12-4-2-11(3-5-12)10-31-21-17(25)14-7-6-13(8-15(14)33-22(21)29)32-23-20(28)19(27)18(26)16(9-24)34-23/h2-8,16,18-20,23-28H,9-10H2,1H3/t16-,18-,19+,20+,23-/m1/s1. The zero-order valence-electron chi connectivity index (χ0n) is 18.0.